The maximum atomic E-state index is 11.7. The summed E-state index contributed by atoms with van der Waals surface area (Å²) < 4.78 is 11.4. The SMILES string of the molecule is Cn1cc(-c2nn(C3CCC(Oc4ccc(=O)n(C)n4)CC3)c3cc(N=C(c4ccccc4)c4ccccc4)ncc23)cn1. The highest BCUT2D eigenvalue weighted by molar-refractivity contribution is 6.14. The van der Waals surface area contributed by atoms with Crippen LogP contribution in [0, 0.1) is 0 Å². The van der Waals surface area contributed by atoms with Gasteiger partial charge in [-0.25, -0.2) is 14.7 Å². The standard InChI is InChI=1S/C34H32N8O2/c1-40-22-25(20-36-40)34-28-21-35-30(37-33(23-9-5-3-6-10-23)24-11-7-4-8-12-24)19-29(28)42(39-34)26-13-15-27(16-14-26)44-31-17-18-32(43)41(2)38-31/h3-12,17-22,26-27H,13-16H2,1-2H3. The molecule has 0 amide bonds. The van der Waals surface area contributed by atoms with Gasteiger partial charge in [-0.15, -0.1) is 5.10 Å². The van der Waals surface area contributed by atoms with Crippen molar-refractivity contribution in [1.29, 1.82) is 0 Å². The summed E-state index contributed by atoms with van der Waals surface area (Å²) in [5, 5.41) is 14.7. The number of aliphatic imine (C=N–C) groups is 1. The summed E-state index contributed by atoms with van der Waals surface area (Å²) in [6.07, 6.45) is 9.20. The second kappa shape index (κ2) is 11.7. The zero-order chi connectivity index (χ0) is 30.0. The summed E-state index contributed by atoms with van der Waals surface area (Å²) in [6.45, 7) is 0. The molecule has 0 unspecified atom stereocenters. The van der Waals surface area contributed by atoms with Gasteiger partial charge in [-0.2, -0.15) is 10.2 Å². The summed E-state index contributed by atoms with van der Waals surface area (Å²) in [5.41, 5.74) is 5.54. The van der Waals surface area contributed by atoms with E-state index < -0.39 is 0 Å². The van der Waals surface area contributed by atoms with Gasteiger partial charge < -0.3 is 4.74 Å². The molecule has 1 aliphatic carbocycles. The Labute approximate surface area is 254 Å². The number of benzene rings is 2. The van der Waals surface area contributed by atoms with Crippen molar-refractivity contribution in [1.82, 2.24) is 34.3 Å². The predicted molar refractivity (Wildman–Crippen MR) is 169 cm³/mol. The van der Waals surface area contributed by atoms with Crippen LogP contribution < -0.4 is 10.3 Å². The van der Waals surface area contributed by atoms with Crippen LogP contribution in [-0.2, 0) is 14.1 Å². The fourth-order valence-corrected chi connectivity index (χ4v) is 5.84. The van der Waals surface area contributed by atoms with Crippen LogP contribution in [0.15, 0.2) is 107 Å². The first-order valence-corrected chi connectivity index (χ1v) is 14.8. The number of aromatic nitrogens is 7. The van der Waals surface area contributed by atoms with Crippen LogP contribution in [-0.4, -0.2) is 46.1 Å². The van der Waals surface area contributed by atoms with Crippen LogP contribution in [0.2, 0.25) is 0 Å². The molecule has 6 aromatic rings. The van der Waals surface area contributed by atoms with Crippen molar-refractivity contribution in [2.24, 2.45) is 19.1 Å². The first kappa shape index (κ1) is 27.5. The summed E-state index contributed by atoms with van der Waals surface area (Å²) >= 11 is 0. The van der Waals surface area contributed by atoms with Crippen LogP contribution in [0.1, 0.15) is 42.9 Å². The zero-order valence-corrected chi connectivity index (χ0v) is 24.6. The highest BCUT2D eigenvalue weighted by Crippen LogP contribution is 2.36. The molecule has 0 atom stereocenters. The van der Waals surface area contributed by atoms with Gasteiger partial charge in [-0.1, -0.05) is 60.7 Å². The van der Waals surface area contributed by atoms with E-state index in [1.807, 2.05) is 68.1 Å². The lowest BCUT2D eigenvalue weighted by atomic mass is 9.93. The Balaban J connectivity index is 1.24. The average Bonchev–Trinajstić information content (AvgIpc) is 3.66. The van der Waals surface area contributed by atoms with Crippen molar-refractivity contribution in [2.75, 3.05) is 0 Å². The molecule has 7 rings (SSSR count). The molecule has 1 fully saturated rings. The monoisotopic (exact) mass is 584 g/mol. The highest BCUT2D eigenvalue weighted by Gasteiger charge is 2.27. The number of hydrogen-bond donors (Lipinski definition) is 0. The largest absolute Gasteiger partial charge is 0.473 e. The fourth-order valence-electron chi connectivity index (χ4n) is 5.84. The highest BCUT2D eigenvalue weighted by atomic mass is 16.5. The van der Waals surface area contributed by atoms with Gasteiger partial charge in [0.25, 0.3) is 5.56 Å². The Morgan fingerprint density at radius 2 is 1.57 bits per heavy atom. The zero-order valence-electron chi connectivity index (χ0n) is 24.6. The average molecular weight is 585 g/mol. The number of rotatable bonds is 7. The minimum absolute atomic E-state index is 0.0250. The molecule has 0 spiro atoms. The number of fused-ring (bicyclic) bond motifs is 1. The first-order valence-electron chi connectivity index (χ1n) is 14.8. The molecule has 0 aliphatic heterocycles. The van der Waals surface area contributed by atoms with Crippen LogP contribution in [0.25, 0.3) is 22.2 Å². The van der Waals surface area contributed by atoms with Gasteiger partial charge in [0, 0.05) is 66.8 Å². The molecule has 0 bridgehead atoms. The Hall–Kier alpha value is -5.38. The molecule has 10 nitrogen and oxygen atoms in total. The van der Waals surface area contributed by atoms with Gasteiger partial charge in [-0.05, 0) is 25.7 Å². The third-order valence-electron chi connectivity index (χ3n) is 8.09. The molecule has 0 saturated heterocycles. The number of pyridine rings is 1. The van der Waals surface area contributed by atoms with Gasteiger partial charge in [0.1, 0.15) is 11.8 Å². The van der Waals surface area contributed by atoms with Crippen molar-refractivity contribution in [3.05, 3.63) is 119 Å². The van der Waals surface area contributed by atoms with Crippen LogP contribution in [0.5, 0.6) is 5.88 Å². The number of ether oxygens (including phenoxy) is 1. The van der Waals surface area contributed by atoms with Gasteiger partial charge in [0.05, 0.1) is 23.5 Å². The molecule has 220 valence electrons. The minimum Gasteiger partial charge on any atom is -0.473 e. The second-order valence-corrected chi connectivity index (χ2v) is 11.1. The van der Waals surface area contributed by atoms with E-state index in [9.17, 15) is 4.79 Å². The van der Waals surface area contributed by atoms with E-state index in [0.29, 0.717) is 11.7 Å². The van der Waals surface area contributed by atoms with E-state index in [1.165, 1.54) is 10.7 Å². The number of hydrogen-bond acceptors (Lipinski definition) is 7. The van der Waals surface area contributed by atoms with E-state index in [4.69, 9.17) is 19.8 Å². The van der Waals surface area contributed by atoms with Crippen molar-refractivity contribution in [2.45, 2.75) is 37.8 Å². The first-order chi connectivity index (χ1) is 21.5. The van der Waals surface area contributed by atoms with Crippen molar-refractivity contribution in [3.8, 4) is 17.1 Å². The van der Waals surface area contributed by atoms with Gasteiger partial charge in [0.2, 0.25) is 5.88 Å². The summed E-state index contributed by atoms with van der Waals surface area (Å²) in [7, 11) is 3.54. The van der Waals surface area contributed by atoms with Gasteiger partial charge in [-0.3, -0.25) is 14.2 Å². The molecule has 44 heavy (non-hydrogen) atoms. The maximum absolute atomic E-state index is 11.7. The molecule has 4 heterocycles. The molecule has 1 saturated carbocycles. The Morgan fingerprint density at radius 1 is 0.864 bits per heavy atom. The minimum atomic E-state index is -0.158. The van der Waals surface area contributed by atoms with E-state index in [2.05, 4.69) is 39.1 Å². The fraction of sp³-hybridized carbons (Fsp3) is 0.235. The van der Waals surface area contributed by atoms with Crippen LogP contribution in [0.3, 0.4) is 0 Å². The quantitative estimate of drug-likeness (QED) is 0.224. The third kappa shape index (κ3) is 5.54. The third-order valence-corrected chi connectivity index (χ3v) is 8.09. The van der Waals surface area contributed by atoms with E-state index in [1.54, 1.807) is 17.8 Å². The Morgan fingerprint density at radius 3 is 2.20 bits per heavy atom. The summed E-state index contributed by atoms with van der Waals surface area (Å²) in [5.74, 6) is 1.09. The lowest BCUT2D eigenvalue weighted by molar-refractivity contribution is 0.123. The van der Waals surface area contributed by atoms with Crippen molar-refractivity contribution < 1.29 is 4.74 Å². The second-order valence-electron chi connectivity index (χ2n) is 11.1. The van der Waals surface area contributed by atoms with Crippen molar-refractivity contribution in [3.63, 3.8) is 0 Å². The van der Waals surface area contributed by atoms with Crippen molar-refractivity contribution >= 4 is 22.4 Å². The molecule has 0 radical (unpaired) electrons. The lowest BCUT2D eigenvalue weighted by Crippen LogP contribution is -2.27. The predicted octanol–water partition coefficient (Wildman–Crippen LogP) is 5.66. The van der Waals surface area contributed by atoms with E-state index in [0.717, 1.165) is 64.7 Å². The topological polar surface area (TPSA) is 105 Å². The molecular weight excluding hydrogens is 552 g/mol. The van der Waals surface area contributed by atoms with Crippen LogP contribution >= 0.6 is 0 Å². The van der Waals surface area contributed by atoms with E-state index in [-0.39, 0.29) is 17.7 Å². The smallest absolute Gasteiger partial charge is 0.266 e. The van der Waals surface area contributed by atoms with Gasteiger partial charge >= 0.3 is 0 Å². The Kier molecular flexibility index (Phi) is 7.31. The number of nitrogens with zero attached hydrogens (tertiary/aromatic N) is 8. The normalized spacial score (nSPS) is 16.6. The molecule has 4 aromatic heterocycles. The Bertz CT molecular complexity index is 1960. The molecular formula is C34H32N8O2. The van der Waals surface area contributed by atoms with E-state index >= 15 is 0 Å². The van der Waals surface area contributed by atoms with Gasteiger partial charge in [0.15, 0.2) is 5.82 Å². The molecule has 10 heteroatoms. The summed E-state index contributed by atoms with van der Waals surface area (Å²) in [6, 6.07) is 25.7. The maximum Gasteiger partial charge on any atom is 0.266 e. The summed E-state index contributed by atoms with van der Waals surface area (Å²) in [4.78, 5) is 21.6. The molecule has 0 N–H and O–H groups in total. The number of aryl methyl sites for hydroxylation is 2. The molecule has 2 aromatic carbocycles. The van der Waals surface area contributed by atoms with Crippen LogP contribution in [0.4, 0.5) is 5.82 Å². The molecule has 1 aliphatic rings. The lowest BCUT2D eigenvalue weighted by Gasteiger charge is -2.29.